The number of aromatic amines is 1. The summed E-state index contributed by atoms with van der Waals surface area (Å²) in [7, 11) is 1.36. The van der Waals surface area contributed by atoms with E-state index in [2.05, 4.69) is 15.3 Å². The number of benzene rings is 1. The molecule has 9 nitrogen and oxygen atoms in total. The Bertz CT molecular complexity index is 856. The highest BCUT2D eigenvalue weighted by Gasteiger charge is 2.21. The molecular weight excluding hydrogens is 346 g/mol. The van der Waals surface area contributed by atoms with Crippen molar-refractivity contribution in [1.29, 1.82) is 0 Å². The molecule has 2 aromatic rings. The monoisotopic (exact) mass is 365 g/mol. The molecule has 0 radical (unpaired) electrons. The van der Waals surface area contributed by atoms with Gasteiger partial charge in [-0.3, -0.25) is 15.2 Å². The molecule has 0 aliphatic heterocycles. The second-order valence-electron chi connectivity index (χ2n) is 5.36. The smallest absolute Gasteiger partial charge is 0.315 e. The predicted molar refractivity (Wildman–Crippen MR) is 95.3 cm³/mol. The summed E-state index contributed by atoms with van der Waals surface area (Å²) in [5.41, 5.74) is 0.281. The van der Waals surface area contributed by atoms with Gasteiger partial charge in [-0.25, -0.2) is 0 Å². The summed E-state index contributed by atoms with van der Waals surface area (Å²) in [5, 5.41) is 22.4. The van der Waals surface area contributed by atoms with Crippen molar-refractivity contribution in [3.8, 4) is 11.5 Å². The van der Waals surface area contributed by atoms with Crippen LogP contribution in [-0.4, -0.2) is 39.7 Å². The highest BCUT2D eigenvalue weighted by molar-refractivity contribution is 7.71. The minimum atomic E-state index is -0.526. The molecule has 0 saturated heterocycles. The normalized spacial score (nSPS) is 11.2. The Balaban J connectivity index is 2.51. The fourth-order valence-electron chi connectivity index (χ4n) is 2.20. The summed E-state index contributed by atoms with van der Waals surface area (Å²) >= 11 is 5.16. The van der Waals surface area contributed by atoms with Crippen LogP contribution in [0.4, 0.5) is 5.69 Å². The molecule has 0 fully saturated rings. The number of nitrogens with zero attached hydrogens (tertiary/aromatic N) is 4. The van der Waals surface area contributed by atoms with Crippen molar-refractivity contribution >= 4 is 24.1 Å². The van der Waals surface area contributed by atoms with Crippen LogP contribution in [0.1, 0.15) is 38.1 Å². The molecule has 134 valence electrons. The SMILES string of the molecule is CCOc1cc(/C=N\n2c(C(C)C)n[nH]c2=S)cc([N+](=O)[O-])c1OC. The number of nitro groups is 1. The van der Waals surface area contributed by atoms with Gasteiger partial charge in [-0.2, -0.15) is 14.9 Å². The van der Waals surface area contributed by atoms with Crippen LogP contribution in [0, 0.1) is 14.9 Å². The van der Waals surface area contributed by atoms with E-state index in [1.165, 1.54) is 24.1 Å². The lowest BCUT2D eigenvalue weighted by Crippen LogP contribution is -2.03. The maximum Gasteiger partial charge on any atom is 0.315 e. The Morgan fingerprint density at radius 3 is 2.80 bits per heavy atom. The first-order valence-corrected chi connectivity index (χ1v) is 8.00. The van der Waals surface area contributed by atoms with Crippen LogP contribution < -0.4 is 9.47 Å². The first-order chi connectivity index (χ1) is 11.9. The molecule has 1 aromatic carbocycles. The topological polar surface area (TPSA) is 108 Å². The molecule has 1 aromatic heterocycles. The van der Waals surface area contributed by atoms with E-state index in [9.17, 15) is 10.1 Å². The highest BCUT2D eigenvalue weighted by atomic mass is 32.1. The van der Waals surface area contributed by atoms with Crippen LogP contribution in [0.3, 0.4) is 0 Å². The average molecular weight is 365 g/mol. The van der Waals surface area contributed by atoms with Crippen molar-refractivity contribution in [3.63, 3.8) is 0 Å². The molecule has 10 heteroatoms. The number of rotatable bonds is 7. The van der Waals surface area contributed by atoms with Crippen molar-refractivity contribution in [1.82, 2.24) is 14.9 Å². The van der Waals surface area contributed by atoms with Gasteiger partial charge in [-0.15, -0.1) is 0 Å². The molecule has 0 aliphatic rings. The number of nitrogens with one attached hydrogen (secondary N) is 1. The molecule has 0 saturated carbocycles. The number of H-pyrrole nitrogens is 1. The van der Waals surface area contributed by atoms with Gasteiger partial charge in [0.15, 0.2) is 11.6 Å². The number of ether oxygens (including phenoxy) is 2. The first-order valence-electron chi connectivity index (χ1n) is 7.59. The number of methoxy groups -OCH3 is 1. The molecule has 1 heterocycles. The van der Waals surface area contributed by atoms with E-state index >= 15 is 0 Å². The van der Waals surface area contributed by atoms with Crippen molar-refractivity contribution in [2.75, 3.05) is 13.7 Å². The molecule has 1 N–H and O–H groups in total. The quantitative estimate of drug-likeness (QED) is 0.349. The molecule has 25 heavy (non-hydrogen) atoms. The van der Waals surface area contributed by atoms with Gasteiger partial charge >= 0.3 is 5.69 Å². The van der Waals surface area contributed by atoms with Crippen LogP contribution in [0.15, 0.2) is 17.2 Å². The van der Waals surface area contributed by atoms with E-state index in [0.29, 0.717) is 22.8 Å². The third kappa shape index (κ3) is 4.02. The molecule has 0 unspecified atom stereocenters. The fraction of sp³-hybridized carbons (Fsp3) is 0.400. The highest BCUT2D eigenvalue weighted by Crippen LogP contribution is 2.37. The standard InChI is InChI=1S/C15H19N5O4S/c1-5-24-12-7-10(6-11(20(21)22)13(12)23-4)8-16-19-14(9(2)3)17-18-15(19)25/h6-9H,5H2,1-4H3,(H,18,25)/b16-8-. The Hall–Kier alpha value is -2.75. The summed E-state index contributed by atoms with van der Waals surface area (Å²) in [6.45, 7) is 6.05. The molecule has 0 bridgehead atoms. The average Bonchev–Trinajstić information content (AvgIpc) is 2.93. The zero-order valence-corrected chi connectivity index (χ0v) is 15.2. The second kappa shape index (κ2) is 7.88. The molecule has 0 spiro atoms. The Morgan fingerprint density at radius 2 is 2.24 bits per heavy atom. The molecule has 2 rings (SSSR count). The summed E-state index contributed by atoms with van der Waals surface area (Å²) < 4.78 is 12.4. The number of aromatic nitrogens is 3. The molecule has 0 aliphatic carbocycles. The van der Waals surface area contributed by atoms with Crippen LogP contribution in [0.25, 0.3) is 0 Å². The van der Waals surface area contributed by atoms with Crippen molar-refractivity contribution < 1.29 is 14.4 Å². The fourth-order valence-corrected chi connectivity index (χ4v) is 2.39. The minimum absolute atomic E-state index is 0.0757. The molecule has 0 amide bonds. The second-order valence-corrected chi connectivity index (χ2v) is 5.75. The van der Waals surface area contributed by atoms with E-state index in [4.69, 9.17) is 21.7 Å². The zero-order valence-electron chi connectivity index (χ0n) is 14.3. The van der Waals surface area contributed by atoms with E-state index in [1.807, 2.05) is 13.8 Å². The summed E-state index contributed by atoms with van der Waals surface area (Å²) in [5.74, 6) is 1.12. The Morgan fingerprint density at radius 1 is 1.52 bits per heavy atom. The predicted octanol–water partition coefficient (Wildman–Crippen LogP) is 3.26. The molecule has 0 atom stereocenters. The number of hydrogen-bond donors (Lipinski definition) is 1. The van der Waals surface area contributed by atoms with Gasteiger partial charge in [-0.1, -0.05) is 13.8 Å². The van der Waals surface area contributed by atoms with Gasteiger partial charge in [0.25, 0.3) is 0 Å². The van der Waals surface area contributed by atoms with Gasteiger partial charge in [-0.05, 0) is 25.2 Å². The van der Waals surface area contributed by atoms with Gasteiger partial charge in [0.2, 0.25) is 10.5 Å². The van der Waals surface area contributed by atoms with Crippen LogP contribution in [0.2, 0.25) is 0 Å². The van der Waals surface area contributed by atoms with Gasteiger partial charge in [0, 0.05) is 17.5 Å². The lowest BCUT2D eigenvalue weighted by atomic mass is 10.2. The summed E-state index contributed by atoms with van der Waals surface area (Å²) in [6.07, 6.45) is 1.46. The number of hydrogen-bond acceptors (Lipinski definition) is 7. The van der Waals surface area contributed by atoms with Gasteiger partial charge in [0.1, 0.15) is 0 Å². The van der Waals surface area contributed by atoms with E-state index in [0.717, 1.165) is 0 Å². The Kier molecular flexibility index (Phi) is 5.86. The zero-order chi connectivity index (χ0) is 18.6. The van der Waals surface area contributed by atoms with Gasteiger partial charge < -0.3 is 9.47 Å². The first kappa shape index (κ1) is 18.6. The van der Waals surface area contributed by atoms with Crippen molar-refractivity contribution in [2.45, 2.75) is 26.7 Å². The van der Waals surface area contributed by atoms with Crippen LogP contribution in [0.5, 0.6) is 11.5 Å². The number of nitro benzene ring substituents is 1. The lowest BCUT2D eigenvalue weighted by Gasteiger charge is -2.10. The maximum atomic E-state index is 11.3. The minimum Gasteiger partial charge on any atom is -0.490 e. The maximum absolute atomic E-state index is 11.3. The van der Waals surface area contributed by atoms with Crippen molar-refractivity contribution in [3.05, 3.63) is 38.4 Å². The van der Waals surface area contributed by atoms with Crippen molar-refractivity contribution in [2.24, 2.45) is 5.10 Å². The van der Waals surface area contributed by atoms with Crippen LogP contribution >= 0.6 is 12.2 Å². The van der Waals surface area contributed by atoms with E-state index < -0.39 is 4.92 Å². The lowest BCUT2D eigenvalue weighted by molar-refractivity contribution is -0.385. The Labute approximate surface area is 149 Å². The third-order valence-electron chi connectivity index (χ3n) is 3.27. The summed E-state index contributed by atoms with van der Waals surface area (Å²) in [6, 6.07) is 2.99. The van der Waals surface area contributed by atoms with Gasteiger partial charge in [0.05, 0.1) is 24.9 Å². The van der Waals surface area contributed by atoms with Crippen LogP contribution in [-0.2, 0) is 0 Å². The van der Waals surface area contributed by atoms with E-state index in [-0.39, 0.29) is 23.1 Å². The summed E-state index contributed by atoms with van der Waals surface area (Å²) in [4.78, 5) is 10.8. The largest absolute Gasteiger partial charge is 0.490 e. The third-order valence-corrected chi connectivity index (χ3v) is 3.54. The molecular formula is C15H19N5O4S. The van der Waals surface area contributed by atoms with E-state index in [1.54, 1.807) is 13.0 Å².